The molecule has 12 heteroatoms. The normalized spacial score (nSPS) is 10.8. The van der Waals surface area contributed by atoms with E-state index in [1.54, 1.807) is 33.5 Å². The molecule has 40 heavy (non-hydrogen) atoms. The first-order chi connectivity index (χ1) is 19.5. The average Bonchev–Trinajstić information content (AvgIpc) is 3.43. The van der Waals surface area contributed by atoms with Crippen LogP contribution in [-0.4, -0.2) is 68.2 Å². The fourth-order valence-electron chi connectivity index (χ4n) is 3.83. The Morgan fingerprint density at radius 2 is 1.48 bits per heavy atom. The van der Waals surface area contributed by atoms with E-state index in [0.29, 0.717) is 45.3 Å². The van der Waals surface area contributed by atoms with Crippen molar-refractivity contribution >= 4 is 23.9 Å². The van der Waals surface area contributed by atoms with Gasteiger partial charge in [0.2, 0.25) is 0 Å². The summed E-state index contributed by atoms with van der Waals surface area (Å²) in [5, 5.41) is 13.4. The summed E-state index contributed by atoms with van der Waals surface area (Å²) in [5.41, 5.74) is 4.77. The molecule has 0 bridgehead atoms. The van der Waals surface area contributed by atoms with Crippen LogP contribution in [-0.2, 0) is 4.79 Å². The molecule has 0 saturated carbocycles. The summed E-state index contributed by atoms with van der Waals surface area (Å²) < 4.78 is 28.7. The Kier molecular flexibility index (Phi) is 9.47. The molecule has 208 valence electrons. The van der Waals surface area contributed by atoms with Crippen LogP contribution >= 0.6 is 11.8 Å². The van der Waals surface area contributed by atoms with Gasteiger partial charge in [0, 0.05) is 22.9 Å². The van der Waals surface area contributed by atoms with E-state index in [0.717, 1.165) is 11.3 Å². The Morgan fingerprint density at radius 3 is 2.15 bits per heavy atom. The van der Waals surface area contributed by atoms with Crippen LogP contribution in [0.3, 0.4) is 0 Å². The summed E-state index contributed by atoms with van der Waals surface area (Å²) in [6.45, 7) is 0. The molecule has 0 aliphatic carbocycles. The zero-order valence-corrected chi connectivity index (χ0v) is 23.5. The highest BCUT2D eigenvalue weighted by Gasteiger charge is 2.19. The number of carbonyl (C=O) groups excluding carboxylic acids is 1. The van der Waals surface area contributed by atoms with E-state index in [9.17, 15) is 4.79 Å². The van der Waals surface area contributed by atoms with Crippen LogP contribution in [0.4, 0.5) is 0 Å². The highest BCUT2D eigenvalue weighted by atomic mass is 32.2. The number of carbonyl (C=O) groups is 1. The molecule has 0 unspecified atom stereocenters. The van der Waals surface area contributed by atoms with E-state index in [2.05, 4.69) is 20.7 Å². The number of hydrazone groups is 1. The van der Waals surface area contributed by atoms with Crippen LogP contribution in [0, 0.1) is 0 Å². The van der Waals surface area contributed by atoms with Gasteiger partial charge in [0.15, 0.2) is 34.0 Å². The number of para-hydroxylation sites is 1. The minimum atomic E-state index is -0.323. The van der Waals surface area contributed by atoms with Crippen molar-refractivity contribution in [3.8, 4) is 45.8 Å². The number of nitrogens with zero attached hydrogens (tertiary/aromatic N) is 4. The van der Waals surface area contributed by atoms with E-state index < -0.39 is 0 Å². The molecule has 4 aromatic rings. The first-order valence-electron chi connectivity index (χ1n) is 12.0. The van der Waals surface area contributed by atoms with Gasteiger partial charge < -0.3 is 23.7 Å². The lowest BCUT2D eigenvalue weighted by Gasteiger charge is -2.12. The van der Waals surface area contributed by atoms with Gasteiger partial charge in [0.05, 0.1) is 47.5 Å². The monoisotopic (exact) mass is 563 g/mol. The van der Waals surface area contributed by atoms with Crippen molar-refractivity contribution in [1.82, 2.24) is 20.2 Å². The van der Waals surface area contributed by atoms with Gasteiger partial charge in [-0.2, -0.15) is 5.10 Å². The number of hydrogen-bond acceptors (Lipinski definition) is 10. The zero-order valence-electron chi connectivity index (χ0n) is 22.7. The largest absolute Gasteiger partial charge is 0.496 e. The summed E-state index contributed by atoms with van der Waals surface area (Å²) in [4.78, 5) is 12.7. The number of amides is 1. The fraction of sp³-hybridized carbons (Fsp3) is 0.214. The minimum absolute atomic E-state index is 0.0529. The number of ether oxygens (including phenoxy) is 5. The summed E-state index contributed by atoms with van der Waals surface area (Å²) in [6.07, 6.45) is 1.48. The molecule has 4 rings (SSSR count). The second-order valence-corrected chi connectivity index (χ2v) is 9.02. The molecule has 0 aliphatic heterocycles. The van der Waals surface area contributed by atoms with Gasteiger partial charge in [0.1, 0.15) is 5.75 Å². The van der Waals surface area contributed by atoms with Gasteiger partial charge in [-0.25, -0.2) is 5.43 Å². The van der Waals surface area contributed by atoms with Crippen molar-refractivity contribution in [3.63, 3.8) is 0 Å². The average molecular weight is 564 g/mol. The number of thioether (sulfide) groups is 1. The van der Waals surface area contributed by atoms with Crippen LogP contribution in [0.15, 0.2) is 70.9 Å². The number of hydrogen-bond donors (Lipinski definition) is 1. The fourth-order valence-corrected chi connectivity index (χ4v) is 4.57. The van der Waals surface area contributed by atoms with Gasteiger partial charge >= 0.3 is 0 Å². The Labute approximate surface area is 236 Å². The van der Waals surface area contributed by atoms with Gasteiger partial charge in [-0.3, -0.25) is 9.36 Å². The van der Waals surface area contributed by atoms with E-state index in [4.69, 9.17) is 23.7 Å². The van der Waals surface area contributed by atoms with Crippen molar-refractivity contribution in [2.45, 2.75) is 5.16 Å². The van der Waals surface area contributed by atoms with Crippen molar-refractivity contribution in [3.05, 3.63) is 66.2 Å². The molecule has 1 aromatic heterocycles. The quantitative estimate of drug-likeness (QED) is 0.154. The number of nitrogens with one attached hydrogen (secondary N) is 1. The third-order valence-electron chi connectivity index (χ3n) is 5.75. The Bertz CT molecular complexity index is 1490. The predicted octanol–water partition coefficient (Wildman–Crippen LogP) is 4.22. The van der Waals surface area contributed by atoms with Gasteiger partial charge in [-0.15, -0.1) is 10.2 Å². The molecular formula is C28H29N5O6S. The van der Waals surface area contributed by atoms with Crippen LogP contribution in [0.25, 0.3) is 17.1 Å². The van der Waals surface area contributed by atoms with Crippen molar-refractivity contribution in [1.29, 1.82) is 0 Å². The molecule has 1 amide bonds. The topological polar surface area (TPSA) is 118 Å². The van der Waals surface area contributed by atoms with Crippen LogP contribution in [0.2, 0.25) is 0 Å². The summed E-state index contributed by atoms with van der Waals surface area (Å²) in [6, 6.07) is 18.6. The lowest BCUT2D eigenvalue weighted by molar-refractivity contribution is -0.118. The maximum Gasteiger partial charge on any atom is 0.250 e. The number of rotatable bonds is 12. The summed E-state index contributed by atoms with van der Waals surface area (Å²) in [5.74, 6) is 3.05. The predicted molar refractivity (Wildman–Crippen MR) is 152 cm³/mol. The summed E-state index contributed by atoms with van der Waals surface area (Å²) in [7, 11) is 7.77. The zero-order chi connectivity index (χ0) is 28.5. The minimum Gasteiger partial charge on any atom is -0.496 e. The molecule has 0 radical (unpaired) electrons. The number of aromatic nitrogens is 3. The maximum atomic E-state index is 12.7. The van der Waals surface area contributed by atoms with E-state index in [1.165, 1.54) is 32.2 Å². The molecule has 0 atom stereocenters. The molecule has 3 aromatic carbocycles. The highest BCUT2D eigenvalue weighted by molar-refractivity contribution is 7.99. The van der Waals surface area contributed by atoms with Crippen molar-refractivity contribution < 1.29 is 28.5 Å². The highest BCUT2D eigenvalue weighted by Crippen LogP contribution is 2.35. The SMILES string of the molecule is COc1cc(OC)c(OC)cc1C=NNC(=O)CSc1nnc(-c2ccc(OC)c(OC)c2)n1-c1ccccc1. The molecule has 0 aliphatic rings. The second kappa shape index (κ2) is 13.4. The Morgan fingerprint density at radius 1 is 0.825 bits per heavy atom. The molecule has 0 saturated heterocycles. The van der Waals surface area contributed by atoms with Crippen LogP contribution < -0.4 is 29.1 Å². The third kappa shape index (κ3) is 6.29. The number of benzene rings is 3. The molecule has 0 spiro atoms. The van der Waals surface area contributed by atoms with E-state index in [1.807, 2.05) is 53.1 Å². The van der Waals surface area contributed by atoms with Gasteiger partial charge in [-0.1, -0.05) is 30.0 Å². The Hall–Kier alpha value is -4.71. The smallest absolute Gasteiger partial charge is 0.250 e. The standard InChI is InChI=1S/C28H29N5O6S/c1-35-21-12-11-18(13-23(21)37-3)27-31-32-28(33(27)20-9-7-6-8-10-20)40-17-26(34)30-29-16-19-14-24(38-4)25(39-5)15-22(19)36-2/h6-16H,17H2,1-5H3,(H,30,34). The Balaban J connectivity index is 1.52. The van der Waals surface area contributed by atoms with E-state index >= 15 is 0 Å². The van der Waals surface area contributed by atoms with Crippen LogP contribution in [0.5, 0.6) is 28.7 Å². The first-order valence-corrected chi connectivity index (χ1v) is 13.0. The molecule has 1 heterocycles. The molecule has 1 N–H and O–H groups in total. The lowest BCUT2D eigenvalue weighted by Crippen LogP contribution is -2.20. The maximum absolute atomic E-state index is 12.7. The molecular weight excluding hydrogens is 534 g/mol. The van der Waals surface area contributed by atoms with Crippen molar-refractivity contribution in [2.75, 3.05) is 41.3 Å². The summed E-state index contributed by atoms with van der Waals surface area (Å²) >= 11 is 1.23. The number of methoxy groups -OCH3 is 5. The van der Waals surface area contributed by atoms with Gasteiger partial charge in [-0.05, 0) is 36.4 Å². The lowest BCUT2D eigenvalue weighted by atomic mass is 10.2. The third-order valence-corrected chi connectivity index (χ3v) is 6.68. The van der Waals surface area contributed by atoms with Crippen molar-refractivity contribution in [2.24, 2.45) is 5.10 Å². The first kappa shape index (κ1) is 28.3. The molecule has 0 fully saturated rings. The second-order valence-electron chi connectivity index (χ2n) is 8.08. The van der Waals surface area contributed by atoms with Gasteiger partial charge in [0.25, 0.3) is 5.91 Å². The molecule has 11 nitrogen and oxygen atoms in total. The van der Waals surface area contributed by atoms with E-state index in [-0.39, 0.29) is 11.7 Å². The van der Waals surface area contributed by atoms with Crippen LogP contribution in [0.1, 0.15) is 5.56 Å².